The van der Waals surface area contributed by atoms with E-state index in [2.05, 4.69) is 35.1 Å². The largest absolute Gasteiger partial charge is 0.459 e. The summed E-state index contributed by atoms with van der Waals surface area (Å²) in [6, 6.07) is 0. The highest BCUT2D eigenvalue weighted by Crippen LogP contribution is 2.28. The summed E-state index contributed by atoms with van der Waals surface area (Å²) in [4.78, 5) is 12.1. The van der Waals surface area contributed by atoms with E-state index < -0.39 is 0 Å². The quantitative estimate of drug-likeness (QED) is 0.308. The average Bonchev–Trinajstić information content (AvgIpc) is 2.54. The molecule has 0 saturated carbocycles. The second-order valence-electron chi connectivity index (χ2n) is 7.49. The Morgan fingerprint density at radius 3 is 2.09 bits per heavy atom. The molecular formula is C19H37BrNO2+. The molecule has 0 amide bonds. The van der Waals surface area contributed by atoms with E-state index in [1.807, 2.05) is 0 Å². The minimum Gasteiger partial charge on any atom is -0.459 e. The van der Waals surface area contributed by atoms with Crippen molar-refractivity contribution in [2.75, 3.05) is 18.4 Å². The zero-order valence-corrected chi connectivity index (χ0v) is 16.8. The molecule has 3 nitrogen and oxygen atoms in total. The predicted molar refractivity (Wildman–Crippen MR) is 99.9 cm³/mol. The van der Waals surface area contributed by atoms with Gasteiger partial charge in [-0.25, -0.2) is 0 Å². The fraction of sp³-hybridized carbons (Fsp3) is 0.947. The molecular weight excluding hydrogens is 354 g/mol. The van der Waals surface area contributed by atoms with E-state index in [0.29, 0.717) is 12.3 Å². The number of rotatable bonds is 12. The van der Waals surface area contributed by atoms with E-state index in [1.165, 1.54) is 51.6 Å². The highest BCUT2D eigenvalue weighted by molar-refractivity contribution is 9.09. The summed E-state index contributed by atoms with van der Waals surface area (Å²) in [5.74, 6) is 0.526. The number of nitrogens with two attached hydrogens (primary N) is 1. The van der Waals surface area contributed by atoms with Gasteiger partial charge in [-0.15, -0.1) is 0 Å². The van der Waals surface area contributed by atoms with Crippen LogP contribution in [0.2, 0.25) is 0 Å². The number of alkyl halides is 1. The van der Waals surface area contributed by atoms with E-state index in [9.17, 15) is 4.79 Å². The second kappa shape index (κ2) is 12.3. The van der Waals surface area contributed by atoms with Gasteiger partial charge in [0.05, 0.1) is 13.1 Å². The molecule has 136 valence electrons. The number of esters is 1. The van der Waals surface area contributed by atoms with E-state index in [0.717, 1.165) is 31.0 Å². The smallest absolute Gasteiger partial charge is 0.306 e. The van der Waals surface area contributed by atoms with E-state index in [1.54, 1.807) is 0 Å². The minimum absolute atomic E-state index is 0.00174. The molecule has 1 aliphatic heterocycles. The lowest BCUT2D eigenvalue weighted by atomic mass is 9.83. The van der Waals surface area contributed by atoms with Gasteiger partial charge < -0.3 is 10.1 Å². The first-order valence-electron chi connectivity index (χ1n) is 9.65. The first-order chi connectivity index (χ1) is 11.1. The van der Waals surface area contributed by atoms with Gasteiger partial charge in [-0.05, 0) is 26.7 Å². The molecule has 0 atom stereocenters. The van der Waals surface area contributed by atoms with Crippen LogP contribution in [0, 0.1) is 5.92 Å². The summed E-state index contributed by atoms with van der Waals surface area (Å²) in [6.07, 6.45) is 12.9. The third-order valence-corrected chi connectivity index (χ3v) is 5.62. The Bertz CT molecular complexity index is 314. The molecule has 23 heavy (non-hydrogen) atoms. The molecule has 1 fully saturated rings. The maximum atomic E-state index is 12.1. The molecule has 0 unspecified atom stereocenters. The number of hydrogen-bond donors (Lipinski definition) is 1. The molecule has 0 aromatic rings. The SMILES string of the molecule is CC(C)(OC(=O)CCCCCCCCCCBr)C1CC[NH2+]CC1. The number of ether oxygens (including phenoxy) is 1. The van der Waals surface area contributed by atoms with Crippen LogP contribution in [0.4, 0.5) is 0 Å². The Morgan fingerprint density at radius 2 is 1.52 bits per heavy atom. The van der Waals surface area contributed by atoms with Crippen LogP contribution in [0.1, 0.15) is 84.5 Å². The summed E-state index contributed by atoms with van der Waals surface area (Å²) in [6.45, 7) is 6.52. The van der Waals surface area contributed by atoms with E-state index in [-0.39, 0.29) is 11.6 Å². The molecule has 0 bridgehead atoms. The van der Waals surface area contributed by atoms with Crippen molar-refractivity contribution < 1.29 is 14.8 Å². The first kappa shape index (κ1) is 21.0. The van der Waals surface area contributed by atoms with Crippen LogP contribution in [0.15, 0.2) is 0 Å². The van der Waals surface area contributed by atoms with Crippen LogP contribution < -0.4 is 5.32 Å². The first-order valence-corrected chi connectivity index (χ1v) is 10.8. The lowest BCUT2D eigenvalue weighted by Crippen LogP contribution is -2.86. The Hall–Kier alpha value is -0.0900. The maximum absolute atomic E-state index is 12.1. The number of carbonyl (C=O) groups excluding carboxylic acids is 1. The van der Waals surface area contributed by atoms with Crippen LogP contribution in [0.5, 0.6) is 0 Å². The number of unbranched alkanes of at least 4 members (excludes halogenated alkanes) is 7. The standard InChI is InChI=1S/C19H36BrNO2/c1-19(2,17-12-15-21-16-13-17)23-18(22)11-9-7-5-3-4-6-8-10-14-20/h17,21H,3-16H2,1-2H3/p+1. The highest BCUT2D eigenvalue weighted by Gasteiger charge is 2.35. The Kier molecular flexibility index (Phi) is 11.2. The number of quaternary nitrogens is 1. The zero-order valence-electron chi connectivity index (χ0n) is 15.2. The lowest BCUT2D eigenvalue weighted by molar-refractivity contribution is -0.665. The maximum Gasteiger partial charge on any atom is 0.306 e. The van der Waals surface area contributed by atoms with Crippen LogP contribution in [-0.2, 0) is 9.53 Å². The third kappa shape index (κ3) is 9.71. The lowest BCUT2D eigenvalue weighted by Gasteiger charge is -2.35. The molecule has 0 radical (unpaired) electrons. The molecule has 1 heterocycles. The Morgan fingerprint density at radius 1 is 1.00 bits per heavy atom. The zero-order chi connectivity index (χ0) is 17.0. The van der Waals surface area contributed by atoms with Crippen molar-refractivity contribution in [2.24, 2.45) is 5.92 Å². The van der Waals surface area contributed by atoms with Crippen LogP contribution in [-0.4, -0.2) is 30.0 Å². The average molecular weight is 391 g/mol. The van der Waals surface area contributed by atoms with E-state index in [4.69, 9.17) is 4.74 Å². The van der Waals surface area contributed by atoms with Gasteiger partial charge in [0.25, 0.3) is 0 Å². The minimum atomic E-state index is -0.291. The van der Waals surface area contributed by atoms with Crippen LogP contribution in [0.3, 0.4) is 0 Å². The van der Waals surface area contributed by atoms with Gasteiger partial charge in [0.2, 0.25) is 0 Å². The summed E-state index contributed by atoms with van der Waals surface area (Å²) in [5.41, 5.74) is -0.291. The number of halogens is 1. The number of hydrogen-bond acceptors (Lipinski definition) is 2. The molecule has 4 heteroatoms. The van der Waals surface area contributed by atoms with Crippen molar-refractivity contribution in [1.29, 1.82) is 0 Å². The van der Waals surface area contributed by atoms with E-state index >= 15 is 0 Å². The predicted octanol–water partition coefficient (Wildman–Crippen LogP) is 4.19. The van der Waals surface area contributed by atoms with Crippen molar-refractivity contribution in [1.82, 2.24) is 0 Å². The fourth-order valence-corrected chi connectivity index (χ4v) is 3.87. The van der Waals surface area contributed by atoms with Crippen molar-refractivity contribution in [3.05, 3.63) is 0 Å². The molecule has 2 N–H and O–H groups in total. The van der Waals surface area contributed by atoms with Crippen molar-refractivity contribution in [3.63, 3.8) is 0 Å². The number of carbonyl (C=O) groups is 1. The monoisotopic (exact) mass is 390 g/mol. The Balaban J connectivity index is 2.03. The molecule has 0 aromatic heterocycles. The summed E-state index contributed by atoms with van der Waals surface area (Å²) in [5, 5.41) is 3.49. The molecule has 1 saturated heterocycles. The van der Waals surface area contributed by atoms with Crippen molar-refractivity contribution in [2.45, 2.75) is 90.1 Å². The van der Waals surface area contributed by atoms with Crippen LogP contribution in [0.25, 0.3) is 0 Å². The normalized spacial score (nSPS) is 16.5. The van der Waals surface area contributed by atoms with Gasteiger partial charge in [0, 0.05) is 30.5 Å². The van der Waals surface area contributed by atoms with Crippen LogP contribution >= 0.6 is 15.9 Å². The summed E-state index contributed by atoms with van der Waals surface area (Å²) in [7, 11) is 0. The summed E-state index contributed by atoms with van der Waals surface area (Å²) >= 11 is 3.47. The van der Waals surface area contributed by atoms with Gasteiger partial charge in [0.15, 0.2) is 0 Å². The van der Waals surface area contributed by atoms with Gasteiger partial charge in [0.1, 0.15) is 5.60 Å². The third-order valence-electron chi connectivity index (χ3n) is 5.06. The number of piperidine rings is 1. The summed E-state index contributed by atoms with van der Waals surface area (Å²) < 4.78 is 5.79. The molecule has 1 rings (SSSR count). The molecule has 0 aromatic carbocycles. The molecule has 0 spiro atoms. The van der Waals surface area contributed by atoms with Crippen molar-refractivity contribution in [3.8, 4) is 0 Å². The highest BCUT2D eigenvalue weighted by atomic mass is 79.9. The topological polar surface area (TPSA) is 42.9 Å². The van der Waals surface area contributed by atoms with Gasteiger partial charge >= 0.3 is 5.97 Å². The van der Waals surface area contributed by atoms with Gasteiger partial charge in [-0.2, -0.15) is 0 Å². The Labute approximate surface area is 151 Å². The molecule has 0 aliphatic carbocycles. The molecule has 1 aliphatic rings. The van der Waals surface area contributed by atoms with Gasteiger partial charge in [-0.1, -0.05) is 54.5 Å². The fourth-order valence-electron chi connectivity index (χ4n) is 3.47. The van der Waals surface area contributed by atoms with Crippen molar-refractivity contribution >= 4 is 21.9 Å². The second-order valence-corrected chi connectivity index (χ2v) is 8.28. The van der Waals surface area contributed by atoms with Gasteiger partial charge in [-0.3, -0.25) is 4.79 Å².